The molecular formula is C11H11ClN2O3S2. The van der Waals surface area contributed by atoms with Crippen LogP contribution in [-0.2, 0) is 10.0 Å². The van der Waals surface area contributed by atoms with Crippen molar-refractivity contribution < 1.29 is 13.5 Å². The molecule has 0 spiro atoms. The maximum Gasteiger partial charge on any atom is 0.252 e. The fourth-order valence-corrected chi connectivity index (χ4v) is 4.03. The maximum absolute atomic E-state index is 12.1. The second-order valence-electron chi connectivity index (χ2n) is 3.70. The average Bonchev–Trinajstić information content (AvgIpc) is 2.85. The summed E-state index contributed by atoms with van der Waals surface area (Å²) >= 11 is 6.48. The summed E-state index contributed by atoms with van der Waals surface area (Å²) < 4.78 is 26.8. The number of aliphatic hydroxyl groups is 1. The van der Waals surface area contributed by atoms with Crippen LogP contribution in [0.2, 0.25) is 4.47 Å². The Kier molecular flexibility index (Phi) is 4.54. The predicted octanol–water partition coefficient (Wildman–Crippen LogP) is 1.81. The lowest BCUT2D eigenvalue weighted by Gasteiger charge is -2.15. The molecule has 1 aromatic heterocycles. The molecule has 0 bridgehead atoms. The third kappa shape index (κ3) is 3.52. The number of aromatic nitrogens is 1. The van der Waals surface area contributed by atoms with Crippen LogP contribution < -0.4 is 4.72 Å². The highest BCUT2D eigenvalue weighted by Crippen LogP contribution is 2.24. The average molecular weight is 319 g/mol. The molecule has 2 rings (SSSR count). The van der Waals surface area contributed by atoms with Gasteiger partial charge in [-0.05, 0) is 5.56 Å². The Balaban J connectivity index is 2.23. The number of sulfonamides is 1. The summed E-state index contributed by atoms with van der Waals surface area (Å²) in [4.78, 5) is 3.69. The molecule has 0 aliphatic carbocycles. The van der Waals surface area contributed by atoms with Gasteiger partial charge >= 0.3 is 0 Å². The first-order valence-corrected chi connectivity index (χ1v) is 8.00. The van der Waals surface area contributed by atoms with Crippen LogP contribution >= 0.6 is 22.9 Å². The van der Waals surface area contributed by atoms with Crippen molar-refractivity contribution in [3.05, 3.63) is 46.6 Å². The normalized spacial score (nSPS) is 13.4. The number of thiazole rings is 1. The van der Waals surface area contributed by atoms with E-state index in [1.54, 1.807) is 24.3 Å². The Morgan fingerprint density at radius 2 is 2.05 bits per heavy atom. The van der Waals surface area contributed by atoms with E-state index in [0.29, 0.717) is 5.56 Å². The first kappa shape index (κ1) is 14.4. The van der Waals surface area contributed by atoms with Crippen LogP contribution in [-0.4, -0.2) is 25.1 Å². The zero-order chi connectivity index (χ0) is 13.9. The van der Waals surface area contributed by atoms with Crippen molar-refractivity contribution in [2.75, 3.05) is 6.61 Å². The van der Waals surface area contributed by atoms with Gasteiger partial charge in [0, 0.05) is 0 Å². The van der Waals surface area contributed by atoms with Gasteiger partial charge in [-0.15, -0.1) is 0 Å². The van der Waals surface area contributed by atoms with Gasteiger partial charge in [0.2, 0.25) is 0 Å². The molecule has 1 atom stereocenters. The Morgan fingerprint density at radius 3 is 2.58 bits per heavy atom. The fraction of sp³-hybridized carbons (Fsp3) is 0.182. The molecule has 2 N–H and O–H groups in total. The summed E-state index contributed by atoms with van der Waals surface area (Å²) in [5.74, 6) is 0. The van der Waals surface area contributed by atoms with Gasteiger partial charge < -0.3 is 5.11 Å². The molecule has 0 saturated heterocycles. The van der Waals surface area contributed by atoms with E-state index in [1.165, 1.54) is 6.20 Å². The first-order valence-electron chi connectivity index (χ1n) is 5.32. The zero-order valence-corrected chi connectivity index (χ0v) is 12.0. The van der Waals surface area contributed by atoms with Gasteiger partial charge in [0.25, 0.3) is 10.0 Å². The van der Waals surface area contributed by atoms with E-state index in [1.807, 2.05) is 6.07 Å². The molecule has 102 valence electrons. The third-order valence-electron chi connectivity index (χ3n) is 2.40. The van der Waals surface area contributed by atoms with E-state index in [2.05, 4.69) is 9.71 Å². The fourth-order valence-electron chi connectivity index (χ4n) is 1.50. The quantitative estimate of drug-likeness (QED) is 0.881. The van der Waals surface area contributed by atoms with Gasteiger partial charge in [-0.25, -0.2) is 18.1 Å². The summed E-state index contributed by atoms with van der Waals surface area (Å²) in [6, 6.07) is 8.14. The van der Waals surface area contributed by atoms with Gasteiger partial charge in [-0.2, -0.15) is 0 Å². The molecule has 5 nitrogen and oxygen atoms in total. The summed E-state index contributed by atoms with van der Waals surface area (Å²) in [5, 5.41) is 9.33. The molecule has 0 amide bonds. The Bertz CT molecular complexity index is 643. The van der Waals surface area contributed by atoms with Crippen LogP contribution in [0.1, 0.15) is 11.6 Å². The van der Waals surface area contributed by atoms with Crippen molar-refractivity contribution in [3.63, 3.8) is 0 Å². The number of hydrogen-bond donors (Lipinski definition) is 2. The Morgan fingerprint density at radius 1 is 1.37 bits per heavy atom. The number of nitrogens with zero attached hydrogens (tertiary/aromatic N) is 1. The summed E-state index contributed by atoms with van der Waals surface area (Å²) in [6.45, 7) is -0.338. The standard InChI is InChI=1S/C11H11ClN2O3S2/c12-11-13-6-10(18-11)19(16,17)14-9(7-15)8-4-2-1-3-5-8/h1-6,9,14-15H,7H2/t9-/m0/s1. The minimum Gasteiger partial charge on any atom is -0.394 e. The Hall–Kier alpha value is -0.990. The van der Waals surface area contributed by atoms with E-state index in [4.69, 9.17) is 11.6 Å². The van der Waals surface area contributed by atoms with Crippen molar-refractivity contribution in [1.82, 2.24) is 9.71 Å². The molecule has 19 heavy (non-hydrogen) atoms. The molecule has 2 aromatic rings. The Labute approximate surface area is 119 Å². The van der Waals surface area contributed by atoms with Crippen LogP contribution in [0.3, 0.4) is 0 Å². The number of aliphatic hydroxyl groups excluding tert-OH is 1. The van der Waals surface area contributed by atoms with Crippen molar-refractivity contribution >= 4 is 33.0 Å². The van der Waals surface area contributed by atoms with Gasteiger partial charge in [-0.3, -0.25) is 0 Å². The van der Waals surface area contributed by atoms with E-state index >= 15 is 0 Å². The molecule has 1 heterocycles. The van der Waals surface area contributed by atoms with Crippen LogP contribution in [0.15, 0.2) is 40.7 Å². The topological polar surface area (TPSA) is 79.3 Å². The number of halogens is 1. The summed E-state index contributed by atoms with van der Waals surface area (Å²) in [5.41, 5.74) is 0.684. The molecule has 0 radical (unpaired) electrons. The molecule has 0 fully saturated rings. The molecule has 0 unspecified atom stereocenters. The minimum absolute atomic E-state index is 0.0203. The second-order valence-corrected chi connectivity index (χ2v) is 7.25. The SMILES string of the molecule is O=S(=O)(N[C@@H](CO)c1ccccc1)c1cnc(Cl)s1. The lowest BCUT2D eigenvalue weighted by molar-refractivity contribution is 0.259. The van der Waals surface area contributed by atoms with Crippen LogP contribution in [0.5, 0.6) is 0 Å². The lowest BCUT2D eigenvalue weighted by Crippen LogP contribution is -2.30. The van der Waals surface area contributed by atoms with E-state index in [9.17, 15) is 13.5 Å². The smallest absolute Gasteiger partial charge is 0.252 e. The predicted molar refractivity (Wildman–Crippen MR) is 73.7 cm³/mol. The summed E-state index contributed by atoms with van der Waals surface area (Å²) in [6.07, 6.45) is 1.19. The zero-order valence-electron chi connectivity index (χ0n) is 9.65. The van der Waals surface area contributed by atoms with E-state index < -0.39 is 16.1 Å². The number of rotatable bonds is 5. The van der Waals surface area contributed by atoms with Crippen LogP contribution in [0, 0.1) is 0 Å². The van der Waals surface area contributed by atoms with Gasteiger partial charge in [-0.1, -0.05) is 53.3 Å². The molecule has 0 aliphatic heterocycles. The molecule has 0 saturated carbocycles. The first-order chi connectivity index (χ1) is 9.03. The highest BCUT2D eigenvalue weighted by atomic mass is 35.5. The second kappa shape index (κ2) is 5.98. The van der Waals surface area contributed by atoms with Crippen molar-refractivity contribution in [3.8, 4) is 0 Å². The maximum atomic E-state index is 12.1. The van der Waals surface area contributed by atoms with E-state index in [-0.39, 0.29) is 15.3 Å². The minimum atomic E-state index is -3.74. The monoisotopic (exact) mass is 318 g/mol. The van der Waals surface area contributed by atoms with Crippen molar-refractivity contribution in [2.45, 2.75) is 10.3 Å². The summed E-state index contributed by atoms with van der Waals surface area (Å²) in [7, 11) is -3.74. The van der Waals surface area contributed by atoms with Gasteiger partial charge in [0.1, 0.15) is 0 Å². The molecular weight excluding hydrogens is 308 g/mol. The lowest BCUT2D eigenvalue weighted by atomic mass is 10.1. The number of nitrogens with one attached hydrogen (secondary N) is 1. The van der Waals surface area contributed by atoms with Gasteiger partial charge in [0.05, 0.1) is 18.8 Å². The van der Waals surface area contributed by atoms with E-state index in [0.717, 1.165) is 11.3 Å². The molecule has 8 heteroatoms. The molecule has 0 aliphatic rings. The largest absolute Gasteiger partial charge is 0.394 e. The van der Waals surface area contributed by atoms with Crippen molar-refractivity contribution in [2.24, 2.45) is 0 Å². The van der Waals surface area contributed by atoms with Crippen molar-refractivity contribution in [1.29, 1.82) is 0 Å². The number of hydrogen-bond acceptors (Lipinski definition) is 5. The van der Waals surface area contributed by atoms with Gasteiger partial charge in [0.15, 0.2) is 8.68 Å². The van der Waals surface area contributed by atoms with Crippen LogP contribution in [0.25, 0.3) is 0 Å². The van der Waals surface area contributed by atoms with Crippen LogP contribution in [0.4, 0.5) is 0 Å². The molecule has 1 aromatic carbocycles. The highest BCUT2D eigenvalue weighted by Gasteiger charge is 2.22. The third-order valence-corrected chi connectivity index (χ3v) is 5.45. The number of benzene rings is 1. The highest BCUT2D eigenvalue weighted by molar-refractivity contribution is 7.91.